The fourth-order valence-corrected chi connectivity index (χ4v) is 1.52. The fourth-order valence-electron chi connectivity index (χ4n) is 1.26. The quantitative estimate of drug-likeness (QED) is 0.447. The zero-order chi connectivity index (χ0) is 14.6. The highest BCUT2D eigenvalue weighted by atomic mass is 35.5. The third-order valence-corrected chi connectivity index (χ3v) is 2.47. The molecule has 0 aliphatic carbocycles. The molecule has 1 amide bonds. The van der Waals surface area contributed by atoms with Crippen molar-refractivity contribution in [3.63, 3.8) is 0 Å². The number of nitriles is 1. The van der Waals surface area contributed by atoms with E-state index in [0.717, 1.165) is 0 Å². The third kappa shape index (κ3) is 3.47. The largest absolute Gasteiger partial charge is 0.511 e. The Kier molecular flexibility index (Phi) is 4.51. The van der Waals surface area contributed by atoms with E-state index in [9.17, 15) is 9.59 Å². The normalized spacial score (nSPS) is 11.2. The summed E-state index contributed by atoms with van der Waals surface area (Å²) >= 11 is 5.73. The number of halogens is 1. The number of anilines is 1. The number of nitrogens with zero attached hydrogens (tertiary/aromatic N) is 1. The first-order valence-corrected chi connectivity index (χ1v) is 5.38. The molecule has 0 bridgehead atoms. The van der Waals surface area contributed by atoms with E-state index in [1.54, 1.807) is 6.07 Å². The van der Waals surface area contributed by atoms with Crippen LogP contribution in [-0.4, -0.2) is 22.1 Å². The second-order valence-electron chi connectivity index (χ2n) is 3.53. The topological polar surface area (TPSA) is 110 Å². The molecule has 1 rings (SSSR count). The number of carbonyl (C=O) groups is 2. The molecule has 0 heterocycles. The van der Waals surface area contributed by atoms with Crippen molar-refractivity contribution >= 4 is 29.2 Å². The average molecular weight is 281 g/mol. The molecule has 0 radical (unpaired) electrons. The van der Waals surface area contributed by atoms with E-state index in [4.69, 9.17) is 27.1 Å². The van der Waals surface area contributed by atoms with Crippen LogP contribution in [0.2, 0.25) is 5.02 Å². The number of aliphatic hydroxyl groups excluding tert-OH is 1. The Bertz CT molecular complexity index is 613. The summed E-state index contributed by atoms with van der Waals surface area (Å²) in [6.45, 7) is 1.21. The summed E-state index contributed by atoms with van der Waals surface area (Å²) in [5, 5.41) is 28.9. The summed E-state index contributed by atoms with van der Waals surface area (Å²) in [6, 6.07) is 5.35. The van der Waals surface area contributed by atoms with Gasteiger partial charge in [0.25, 0.3) is 5.91 Å². The highest BCUT2D eigenvalue weighted by molar-refractivity contribution is 6.33. The van der Waals surface area contributed by atoms with Crippen molar-refractivity contribution in [1.29, 1.82) is 5.26 Å². The Hall–Kier alpha value is -2.52. The first kappa shape index (κ1) is 14.5. The summed E-state index contributed by atoms with van der Waals surface area (Å²) in [6.07, 6.45) is 0. The maximum atomic E-state index is 11.6. The number of carboxylic acid groups (broad SMARTS) is 1. The third-order valence-electron chi connectivity index (χ3n) is 2.16. The average Bonchev–Trinajstić information content (AvgIpc) is 2.28. The van der Waals surface area contributed by atoms with Crippen molar-refractivity contribution in [3.8, 4) is 6.07 Å². The van der Waals surface area contributed by atoms with E-state index < -0.39 is 23.2 Å². The first-order chi connectivity index (χ1) is 8.86. The van der Waals surface area contributed by atoms with Crippen LogP contribution < -0.4 is 5.32 Å². The Balaban J connectivity index is 3.00. The Labute approximate surface area is 113 Å². The standard InChI is InChI=1S/C12H9ClN2O4/c1-6(16)9(5-14)11(17)15-7-2-3-8(12(18)19)10(13)4-7/h2-4,16H,1H3,(H,15,17)(H,18,19). The Morgan fingerprint density at radius 1 is 1.37 bits per heavy atom. The molecule has 0 fully saturated rings. The molecule has 0 aromatic heterocycles. The number of aromatic carboxylic acids is 1. The van der Waals surface area contributed by atoms with Crippen molar-refractivity contribution in [1.82, 2.24) is 0 Å². The van der Waals surface area contributed by atoms with Gasteiger partial charge in [-0.1, -0.05) is 11.6 Å². The number of hydrogen-bond acceptors (Lipinski definition) is 4. The molecule has 6 nitrogen and oxygen atoms in total. The molecular weight excluding hydrogens is 272 g/mol. The predicted octanol–water partition coefficient (Wildman–Crippen LogP) is 2.33. The van der Waals surface area contributed by atoms with Gasteiger partial charge in [0, 0.05) is 5.69 Å². The van der Waals surface area contributed by atoms with E-state index in [1.807, 2.05) is 0 Å². The molecule has 98 valence electrons. The number of carboxylic acids is 1. The van der Waals surface area contributed by atoms with Crippen LogP contribution in [-0.2, 0) is 4.79 Å². The number of nitrogens with one attached hydrogen (secondary N) is 1. The van der Waals surface area contributed by atoms with Crippen LogP contribution in [0, 0.1) is 11.3 Å². The number of rotatable bonds is 3. The molecule has 0 saturated heterocycles. The first-order valence-electron chi connectivity index (χ1n) is 5.01. The number of hydrogen-bond donors (Lipinski definition) is 3. The second-order valence-corrected chi connectivity index (χ2v) is 3.93. The van der Waals surface area contributed by atoms with Gasteiger partial charge in [0.05, 0.1) is 10.6 Å². The van der Waals surface area contributed by atoms with Gasteiger partial charge in [-0.3, -0.25) is 4.79 Å². The van der Waals surface area contributed by atoms with Crippen LogP contribution in [0.5, 0.6) is 0 Å². The van der Waals surface area contributed by atoms with Crippen LogP contribution in [0.3, 0.4) is 0 Å². The number of aliphatic hydroxyl groups is 1. The Morgan fingerprint density at radius 3 is 2.42 bits per heavy atom. The van der Waals surface area contributed by atoms with E-state index in [1.165, 1.54) is 25.1 Å². The maximum Gasteiger partial charge on any atom is 0.337 e. The molecule has 3 N–H and O–H groups in total. The SMILES string of the molecule is CC(O)=C(C#N)C(=O)Nc1ccc(C(=O)O)c(Cl)c1. The maximum absolute atomic E-state index is 11.6. The molecule has 19 heavy (non-hydrogen) atoms. The molecule has 0 aliphatic rings. The van der Waals surface area contributed by atoms with Crippen LogP contribution in [0.25, 0.3) is 0 Å². The number of amides is 1. The highest BCUT2D eigenvalue weighted by Gasteiger charge is 2.14. The van der Waals surface area contributed by atoms with Crippen molar-refractivity contribution in [2.24, 2.45) is 0 Å². The lowest BCUT2D eigenvalue weighted by Gasteiger charge is -2.06. The van der Waals surface area contributed by atoms with Crippen LogP contribution in [0.4, 0.5) is 5.69 Å². The van der Waals surface area contributed by atoms with Crippen molar-refractivity contribution in [3.05, 3.63) is 40.1 Å². The van der Waals surface area contributed by atoms with E-state index in [-0.39, 0.29) is 16.3 Å². The molecule has 0 spiro atoms. The van der Waals surface area contributed by atoms with E-state index in [2.05, 4.69) is 5.32 Å². The minimum atomic E-state index is -1.19. The fraction of sp³-hybridized carbons (Fsp3) is 0.0833. The smallest absolute Gasteiger partial charge is 0.337 e. The molecule has 1 aromatic carbocycles. The van der Waals surface area contributed by atoms with Gasteiger partial charge in [-0.15, -0.1) is 0 Å². The highest BCUT2D eigenvalue weighted by Crippen LogP contribution is 2.21. The molecule has 0 unspecified atom stereocenters. The zero-order valence-electron chi connectivity index (χ0n) is 9.77. The summed E-state index contributed by atoms with van der Waals surface area (Å²) in [5.74, 6) is -2.40. The summed E-state index contributed by atoms with van der Waals surface area (Å²) < 4.78 is 0. The number of carbonyl (C=O) groups excluding carboxylic acids is 1. The van der Waals surface area contributed by atoms with Crippen molar-refractivity contribution in [2.45, 2.75) is 6.92 Å². The molecule has 0 aliphatic heterocycles. The monoisotopic (exact) mass is 280 g/mol. The zero-order valence-corrected chi connectivity index (χ0v) is 10.5. The van der Waals surface area contributed by atoms with E-state index >= 15 is 0 Å². The predicted molar refractivity (Wildman–Crippen MR) is 68.0 cm³/mol. The lowest BCUT2D eigenvalue weighted by Crippen LogP contribution is -2.15. The number of benzene rings is 1. The lowest BCUT2D eigenvalue weighted by atomic mass is 10.2. The number of allylic oxidation sites excluding steroid dienone is 1. The summed E-state index contributed by atoms with van der Waals surface area (Å²) in [5.41, 5.74) is -0.318. The molecule has 0 atom stereocenters. The van der Waals surface area contributed by atoms with Crippen LogP contribution in [0.15, 0.2) is 29.5 Å². The molecule has 7 heteroatoms. The van der Waals surface area contributed by atoms with Crippen molar-refractivity contribution in [2.75, 3.05) is 5.32 Å². The molecule has 0 saturated carbocycles. The van der Waals surface area contributed by atoms with Crippen LogP contribution in [0.1, 0.15) is 17.3 Å². The summed E-state index contributed by atoms with van der Waals surface area (Å²) in [7, 11) is 0. The van der Waals surface area contributed by atoms with Crippen LogP contribution >= 0.6 is 11.6 Å². The lowest BCUT2D eigenvalue weighted by molar-refractivity contribution is -0.112. The van der Waals surface area contributed by atoms with E-state index in [0.29, 0.717) is 0 Å². The van der Waals surface area contributed by atoms with Gasteiger partial charge in [-0.05, 0) is 25.1 Å². The molecular formula is C12H9ClN2O4. The molecule has 1 aromatic rings. The van der Waals surface area contributed by atoms with Gasteiger partial charge in [0.15, 0.2) is 5.57 Å². The Morgan fingerprint density at radius 2 is 2.00 bits per heavy atom. The van der Waals surface area contributed by atoms with Gasteiger partial charge >= 0.3 is 5.97 Å². The van der Waals surface area contributed by atoms with Crippen molar-refractivity contribution < 1.29 is 19.8 Å². The van der Waals surface area contributed by atoms with Gasteiger partial charge in [0.1, 0.15) is 11.8 Å². The summed E-state index contributed by atoms with van der Waals surface area (Å²) in [4.78, 5) is 22.3. The minimum absolute atomic E-state index is 0.0477. The second kappa shape index (κ2) is 5.89. The van der Waals surface area contributed by atoms with Gasteiger partial charge in [0.2, 0.25) is 0 Å². The van der Waals surface area contributed by atoms with Gasteiger partial charge in [-0.25, -0.2) is 4.79 Å². The van der Waals surface area contributed by atoms with Gasteiger partial charge < -0.3 is 15.5 Å². The minimum Gasteiger partial charge on any atom is -0.511 e. The van der Waals surface area contributed by atoms with Gasteiger partial charge in [-0.2, -0.15) is 5.26 Å².